The van der Waals surface area contributed by atoms with E-state index in [0.29, 0.717) is 28.6 Å². The van der Waals surface area contributed by atoms with Crippen molar-refractivity contribution in [3.05, 3.63) is 87.7 Å². The van der Waals surface area contributed by atoms with Crippen LogP contribution in [0.1, 0.15) is 22.3 Å². The van der Waals surface area contributed by atoms with Gasteiger partial charge in [-0.2, -0.15) is 0 Å². The molecule has 0 radical (unpaired) electrons. The first-order chi connectivity index (χ1) is 13.5. The molecule has 3 aromatic carbocycles. The van der Waals surface area contributed by atoms with Crippen molar-refractivity contribution in [1.82, 2.24) is 0 Å². The summed E-state index contributed by atoms with van der Waals surface area (Å²) in [5.41, 5.74) is 4.94. The Morgan fingerprint density at radius 1 is 1.04 bits per heavy atom. The lowest BCUT2D eigenvalue weighted by Gasteiger charge is -2.16. The molecule has 0 saturated carbocycles. The van der Waals surface area contributed by atoms with Gasteiger partial charge in [0.25, 0.3) is 0 Å². The molecular formula is C23H23ClFNO2. The number of methoxy groups -OCH3 is 1. The molecule has 0 bridgehead atoms. The largest absolute Gasteiger partial charge is 0.493 e. The van der Waals surface area contributed by atoms with Crippen LogP contribution >= 0.6 is 11.6 Å². The minimum absolute atomic E-state index is 0.0723. The van der Waals surface area contributed by atoms with Gasteiger partial charge in [-0.05, 0) is 54.8 Å². The Labute approximate surface area is 170 Å². The fourth-order valence-electron chi connectivity index (χ4n) is 2.92. The van der Waals surface area contributed by atoms with Gasteiger partial charge in [0.1, 0.15) is 12.4 Å². The Bertz CT molecular complexity index is 975. The van der Waals surface area contributed by atoms with Crippen LogP contribution in [0.2, 0.25) is 5.02 Å². The van der Waals surface area contributed by atoms with Gasteiger partial charge in [-0.15, -0.1) is 0 Å². The zero-order valence-electron chi connectivity index (χ0n) is 16.2. The average Bonchev–Trinajstić information content (AvgIpc) is 2.69. The Kier molecular flexibility index (Phi) is 6.42. The normalized spacial score (nSPS) is 10.6. The highest BCUT2D eigenvalue weighted by Crippen LogP contribution is 2.37. The van der Waals surface area contributed by atoms with Gasteiger partial charge in [-0.25, -0.2) is 4.39 Å². The smallest absolute Gasteiger partial charge is 0.180 e. The summed E-state index contributed by atoms with van der Waals surface area (Å²) in [5, 5.41) is 3.85. The van der Waals surface area contributed by atoms with Crippen LogP contribution in [0.15, 0.2) is 54.6 Å². The highest BCUT2D eigenvalue weighted by molar-refractivity contribution is 6.32. The molecule has 28 heavy (non-hydrogen) atoms. The van der Waals surface area contributed by atoms with E-state index in [1.54, 1.807) is 25.3 Å². The number of hydrogen-bond acceptors (Lipinski definition) is 3. The minimum Gasteiger partial charge on any atom is -0.493 e. The van der Waals surface area contributed by atoms with Crippen molar-refractivity contribution in [3.8, 4) is 11.5 Å². The van der Waals surface area contributed by atoms with Crippen molar-refractivity contribution in [2.24, 2.45) is 0 Å². The van der Waals surface area contributed by atoms with Gasteiger partial charge in [0.15, 0.2) is 11.5 Å². The Morgan fingerprint density at radius 3 is 2.57 bits per heavy atom. The zero-order valence-corrected chi connectivity index (χ0v) is 16.9. The van der Waals surface area contributed by atoms with E-state index in [-0.39, 0.29) is 12.4 Å². The Morgan fingerprint density at radius 2 is 1.82 bits per heavy atom. The third kappa shape index (κ3) is 4.57. The summed E-state index contributed by atoms with van der Waals surface area (Å²) in [7, 11) is 1.56. The van der Waals surface area contributed by atoms with Gasteiger partial charge < -0.3 is 14.8 Å². The van der Waals surface area contributed by atoms with Gasteiger partial charge in [0.2, 0.25) is 0 Å². The topological polar surface area (TPSA) is 30.5 Å². The van der Waals surface area contributed by atoms with E-state index in [1.807, 2.05) is 24.3 Å². The summed E-state index contributed by atoms with van der Waals surface area (Å²) < 4.78 is 25.0. The molecule has 0 heterocycles. The maximum Gasteiger partial charge on any atom is 0.180 e. The first-order valence-corrected chi connectivity index (χ1v) is 9.40. The Hall–Kier alpha value is -2.72. The standard InChI is InChI=1S/C23H23ClFNO2/c1-15-7-6-10-21(16(15)2)26-13-17-11-19(24)23(22(12-17)27-3)28-14-18-8-4-5-9-20(18)25/h4-12,26H,13-14H2,1-3H3. The lowest BCUT2D eigenvalue weighted by atomic mass is 10.1. The first kappa shape index (κ1) is 20.0. The maximum atomic E-state index is 13.8. The second kappa shape index (κ2) is 8.98. The molecule has 3 aromatic rings. The quantitative estimate of drug-likeness (QED) is 0.506. The van der Waals surface area contributed by atoms with Gasteiger partial charge in [0.05, 0.1) is 12.1 Å². The number of anilines is 1. The second-order valence-electron chi connectivity index (χ2n) is 6.59. The van der Waals surface area contributed by atoms with E-state index in [0.717, 1.165) is 11.3 Å². The number of halogens is 2. The van der Waals surface area contributed by atoms with Crippen LogP contribution in [0.3, 0.4) is 0 Å². The summed E-state index contributed by atoms with van der Waals surface area (Å²) in [6.07, 6.45) is 0. The molecule has 0 atom stereocenters. The molecule has 0 amide bonds. The number of benzene rings is 3. The van der Waals surface area contributed by atoms with Crippen LogP contribution in [0.5, 0.6) is 11.5 Å². The molecule has 3 nitrogen and oxygen atoms in total. The lowest BCUT2D eigenvalue weighted by molar-refractivity contribution is 0.280. The van der Waals surface area contributed by atoms with Crippen molar-refractivity contribution in [3.63, 3.8) is 0 Å². The molecule has 0 aliphatic carbocycles. The van der Waals surface area contributed by atoms with E-state index in [1.165, 1.54) is 17.2 Å². The maximum absolute atomic E-state index is 13.8. The van der Waals surface area contributed by atoms with Crippen molar-refractivity contribution in [2.75, 3.05) is 12.4 Å². The van der Waals surface area contributed by atoms with Crippen molar-refractivity contribution >= 4 is 17.3 Å². The third-order valence-corrected chi connectivity index (χ3v) is 4.99. The zero-order chi connectivity index (χ0) is 20.1. The number of rotatable bonds is 7. The highest BCUT2D eigenvalue weighted by atomic mass is 35.5. The fourth-order valence-corrected chi connectivity index (χ4v) is 3.21. The van der Waals surface area contributed by atoms with E-state index in [4.69, 9.17) is 21.1 Å². The van der Waals surface area contributed by atoms with Gasteiger partial charge >= 0.3 is 0 Å². The van der Waals surface area contributed by atoms with Crippen LogP contribution in [0.25, 0.3) is 0 Å². The van der Waals surface area contributed by atoms with Crippen LogP contribution in [-0.4, -0.2) is 7.11 Å². The van der Waals surface area contributed by atoms with Crippen LogP contribution in [-0.2, 0) is 13.2 Å². The molecule has 146 valence electrons. The number of aryl methyl sites for hydroxylation is 1. The molecule has 0 spiro atoms. The van der Waals surface area contributed by atoms with Crippen LogP contribution in [0.4, 0.5) is 10.1 Å². The second-order valence-corrected chi connectivity index (χ2v) is 7.00. The van der Waals surface area contributed by atoms with Crippen molar-refractivity contribution < 1.29 is 13.9 Å². The molecule has 3 rings (SSSR count). The molecule has 0 unspecified atom stereocenters. The molecule has 0 aromatic heterocycles. The molecule has 0 saturated heterocycles. The molecular weight excluding hydrogens is 377 g/mol. The highest BCUT2D eigenvalue weighted by Gasteiger charge is 2.13. The van der Waals surface area contributed by atoms with Crippen LogP contribution < -0.4 is 14.8 Å². The van der Waals surface area contributed by atoms with E-state index < -0.39 is 0 Å². The van der Waals surface area contributed by atoms with Crippen LogP contribution in [0, 0.1) is 19.7 Å². The Balaban J connectivity index is 1.75. The van der Waals surface area contributed by atoms with E-state index in [2.05, 4.69) is 25.2 Å². The number of ether oxygens (including phenoxy) is 2. The van der Waals surface area contributed by atoms with Gasteiger partial charge in [-0.1, -0.05) is 41.9 Å². The number of hydrogen-bond donors (Lipinski definition) is 1. The molecule has 0 fully saturated rings. The summed E-state index contributed by atoms with van der Waals surface area (Å²) in [4.78, 5) is 0. The lowest BCUT2D eigenvalue weighted by Crippen LogP contribution is -2.04. The first-order valence-electron chi connectivity index (χ1n) is 9.02. The van der Waals surface area contributed by atoms with E-state index >= 15 is 0 Å². The average molecular weight is 400 g/mol. The molecule has 0 aliphatic rings. The predicted molar refractivity (Wildman–Crippen MR) is 112 cm³/mol. The SMILES string of the molecule is COc1cc(CNc2cccc(C)c2C)cc(Cl)c1OCc1ccccc1F. The van der Waals surface area contributed by atoms with Crippen molar-refractivity contribution in [1.29, 1.82) is 0 Å². The summed E-state index contributed by atoms with van der Waals surface area (Å²) in [6.45, 7) is 4.84. The predicted octanol–water partition coefficient (Wildman–Crippen LogP) is 6.30. The minimum atomic E-state index is -0.313. The summed E-state index contributed by atoms with van der Waals surface area (Å²) in [6, 6.07) is 16.4. The van der Waals surface area contributed by atoms with Gasteiger partial charge in [-0.3, -0.25) is 0 Å². The van der Waals surface area contributed by atoms with Crippen molar-refractivity contribution in [2.45, 2.75) is 27.0 Å². The number of nitrogens with one attached hydrogen (secondary N) is 1. The van der Waals surface area contributed by atoms with E-state index in [9.17, 15) is 4.39 Å². The third-order valence-electron chi connectivity index (χ3n) is 4.71. The monoisotopic (exact) mass is 399 g/mol. The molecule has 0 aliphatic heterocycles. The van der Waals surface area contributed by atoms with Gasteiger partial charge in [0, 0.05) is 17.8 Å². The molecule has 1 N–H and O–H groups in total. The fraction of sp³-hybridized carbons (Fsp3) is 0.217. The summed E-state index contributed by atoms with van der Waals surface area (Å²) in [5.74, 6) is 0.608. The molecule has 5 heteroatoms. The summed E-state index contributed by atoms with van der Waals surface area (Å²) >= 11 is 6.43.